The molecule has 0 aliphatic heterocycles. The van der Waals surface area contributed by atoms with Gasteiger partial charge in [0.25, 0.3) is 0 Å². The zero-order valence-electron chi connectivity index (χ0n) is 9.38. The Labute approximate surface area is 99.0 Å². The van der Waals surface area contributed by atoms with Gasteiger partial charge in [0.1, 0.15) is 0 Å². The second-order valence-electron chi connectivity index (χ2n) is 3.30. The first kappa shape index (κ1) is 12.6. The van der Waals surface area contributed by atoms with E-state index in [0.717, 1.165) is 5.56 Å². The van der Waals surface area contributed by atoms with Crippen molar-refractivity contribution in [2.24, 2.45) is 10.8 Å². The van der Waals surface area contributed by atoms with Gasteiger partial charge in [-0.05, 0) is 18.6 Å². The first-order chi connectivity index (χ1) is 8.09. The van der Waals surface area contributed by atoms with Gasteiger partial charge in [-0.1, -0.05) is 36.4 Å². The first-order valence-corrected chi connectivity index (χ1v) is 4.97. The van der Waals surface area contributed by atoms with E-state index in [0.29, 0.717) is 5.71 Å². The van der Waals surface area contributed by atoms with Gasteiger partial charge >= 0.3 is 11.8 Å². The van der Waals surface area contributed by atoms with Gasteiger partial charge in [0.05, 0.1) is 5.71 Å². The lowest BCUT2D eigenvalue weighted by molar-refractivity contribution is -0.137. The molecule has 1 rings (SSSR count). The van der Waals surface area contributed by atoms with Crippen molar-refractivity contribution in [1.29, 1.82) is 0 Å². The highest BCUT2D eigenvalue weighted by Gasteiger charge is 2.05. The van der Waals surface area contributed by atoms with Gasteiger partial charge in [0.15, 0.2) is 0 Å². The molecule has 0 aliphatic carbocycles. The van der Waals surface area contributed by atoms with Gasteiger partial charge in [-0.25, -0.2) is 5.43 Å². The van der Waals surface area contributed by atoms with Crippen molar-refractivity contribution in [1.82, 2.24) is 5.43 Å². The number of benzene rings is 1. The van der Waals surface area contributed by atoms with E-state index in [2.05, 4.69) is 5.10 Å². The summed E-state index contributed by atoms with van der Waals surface area (Å²) in [5.41, 5.74) is 8.37. The number of hydrazone groups is 1. The summed E-state index contributed by atoms with van der Waals surface area (Å²) < 4.78 is 0. The molecule has 88 valence electrons. The number of primary amides is 1. The number of amides is 2. The molecule has 3 N–H and O–H groups in total. The predicted molar refractivity (Wildman–Crippen MR) is 65.9 cm³/mol. The molecular weight excluding hydrogens is 218 g/mol. The maximum atomic E-state index is 10.8. The lowest BCUT2D eigenvalue weighted by Gasteiger charge is -1.95. The summed E-state index contributed by atoms with van der Waals surface area (Å²) in [5, 5.41) is 3.69. The molecular formula is C12H13N3O2. The van der Waals surface area contributed by atoms with Crippen molar-refractivity contribution in [2.75, 3.05) is 0 Å². The number of hydrogen-bond donors (Lipinski definition) is 2. The molecule has 0 saturated heterocycles. The molecule has 0 heterocycles. The quantitative estimate of drug-likeness (QED) is 0.455. The Morgan fingerprint density at radius 2 is 1.94 bits per heavy atom. The van der Waals surface area contributed by atoms with E-state index in [1.54, 1.807) is 13.0 Å². The summed E-state index contributed by atoms with van der Waals surface area (Å²) in [7, 11) is 0. The van der Waals surface area contributed by atoms with Crippen molar-refractivity contribution < 1.29 is 9.59 Å². The van der Waals surface area contributed by atoms with E-state index in [1.807, 2.05) is 41.8 Å². The first-order valence-electron chi connectivity index (χ1n) is 4.97. The SMILES string of the molecule is CC(/C=C/c1ccccc1)=N/NC(=O)C(N)=O. The molecule has 0 aliphatic rings. The van der Waals surface area contributed by atoms with Gasteiger partial charge < -0.3 is 5.73 Å². The highest BCUT2D eigenvalue weighted by Crippen LogP contribution is 2.00. The minimum atomic E-state index is -1.06. The van der Waals surface area contributed by atoms with Crippen LogP contribution in [0, 0.1) is 0 Å². The van der Waals surface area contributed by atoms with E-state index in [1.165, 1.54) is 0 Å². The molecule has 0 aromatic heterocycles. The number of nitrogens with zero attached hydrogens (tertiary/aromatic N) is 1. The predicted octanol–water partition coefficient (Wildman–Crippen LogP) is 0.677. The maximum Gasteiger partial charge on any atom is 0.329 e. The highest BCUT2D eigenvalue weighted by molar-refractivity contribution is 6.34. The third-order valence-electron chi connectivity index (χ3n) is 1.87. The van der Waals surface area contributed by atoms with Crippen LogP contribution in [0.15, 0.2) is 41.5 Å². The molecule has 0 spiro atoms. The largest absolute Gasteiger partial charge is 0.361 e. The topological polar surface area (TPSA) is 84.6 Å². The van der Waals surface area contributed by atoms with E-state index in [4.69, 9.17) is 5.73 Å². The Kier molecular flexibility index (Phi) is 4.62. The maximum absolute atomic E-state index is 10.8. The number of allylic oxidation sites excluding steroid dienone is 1. The molecule has 17 heavy (non-hydrogen) atoms. The molecule has 5 heteroatoms. The zero-order chi connectivity index (χ0) is 12.7. The molecule has 0 atom stereocenters. The van der Waals surface area contributed by atoms with E-state index in [-0.39, 0.29) is 0 Å². The van der Waals surface area contributed by atoms with Gasteiger partial charge in [0.2, 0.25) is 0 Å². The summed E-state index contributed by atoms with van der Waals surface area (Å²) in [6, 6.07) is 9.63. The number of rotatable bonds is 3. The van der Waals surface area contributed by atoms with E-state index < -0.39 is 11.8 Å². The van der Waals surface area contributed by atoms with Crippen LogP contribution >= 0.6 is 0 Å². The van der Waals surface area contributed by atoms with E-state index >= 15 is 0 Å². The fourth-order valence-corrected chi connectivity index (χ4v) is 1.01. The molecule has 0 bridgehead atoms. The number of hydrogen-bond acceptors (Lipinski definition) is 3. The minimum Gasteiger partial charge on any atom is -0.361 e. The summed E-state index contributed by atoms with van der Waals surface area (Å²) in [6.07, 6.45) is 3.56. The number of carbonyl (C=O) groups is 2. The van der Waals surface area contributed by atoms with Crippen LogP contribution in [-0.4, -0.2) is 17.5 Å². The van der Waals surface area contributed by atoms with Crippen LogP contribution in [0.4, 0.5) is 0 Å². The number of nitrogens with one attached hydrogen (secondary N) is 1. The average Bonchev–Trinajstić information content (AvgIpc) is 2.34. The van der Waals surface area contributed by atoms with Gasteiger partial charge in [-0.2, -0.15) is 5.10 Å². The molecule has 1 aromatic rings. The number of carbonyl (C=O) groups excluding carboxylic acids is 2. The fraction of sp³-hybridized carbons (Fsp3) is 0.0833. The van der Waals surface area contributed by atoms with Crippen molar-refractivity contribution in [3.8, 4) is 0 Å². The van der Waals surface area contributed by atoms with Gasteiger partial charge in [-0.3, -0.25) is 9.59 Å². The third kappa shape index (κ3) is 4.74. The monoisotopic (exact) mass is 231 g/mol. The second kappa shape index (κ2) is 6.22. The van der Waals surface area contributed by atoms with Crippen LogP contribution in [0.2, 0.25) is 0 Å². The van der Waals surface area contributed by atoms with Crippen molar-refractivity contribution in [3.05, 3.63) is 42.0 Å². The Morgan fingerprint density at radius 1 is 1.29 bits per heavy atom. The summed E-state index contributed by atoms with van der Waals surface area (Å²) >= 11 is 0. The van der Waals surface area contributed by atoms with Crippen LogP contribution in [0.1, 0.15) is 12.5 Å². The van der Waals surface area contributed by atoms with E-state index in [9.17, 15) is 9.59 Å². The Balaban J connectivity index is 2.57. The van der Waals surface area contributed by atoms with Gasteiger partial charge in [-0.15, -0.1) is 0 Å². The summed E-state index contributed by atoms with van der Waals surface area (Å²) in [6.45, 7) is 1.70. The average molecular weight is 231 g/mol. The van der Waals surface area contributed by atoms with Crippen LogP contribution < -0.4 is 11.2 Å². The normalized spacial score (nSPS) is 11.5. The fourth-order valence-electron chi connectivity index (χ4n) is 1.01. The van der Waals surface area contributed by atoms with Crippen molar-refractivity contribution in [2.45, 2.75) is 6.92 Å². The molecule has 0 radical (unpaired) electrons. The molecule has 0 saturated carbocycles. The van der Waals surface area contributed by atoms with Crippen molar-refractivity contribution >= 4 is 23.6 Å². The van der Waals surface area contributed by atoms with Crippen LogP contribution in [-0.2, 0) is 9.59 Å². The molecule has 2 amide bonds. The Hall–Kier alpha value is -2.43. The number of nitrogens with two attached hydrogens (primary N) is 1. The summed E-state index contributed by atoms with van der Waals surface area (Å²) in [5.74, 6) is -1.99. The summed E-state index contributed by atoms with van der Waals surface area (Å²) in [4.78, 5) is 21.2. The van der Waals surface area contributed by atoms with Crippen LogP contribution in [0.5, 0.6) is 0 Å². The van der Waals surface area contributed by atoms with Crippen LogP contribution in [0.25, 0.3) is 6.08 Å². The Bertz CT molecular complexity index is 464. The molecule has 5 nitrogen and oxygen atoms in total. The molecule has 1 aromatic carbocycles. The smallest absolute Gasteiger partial charge is 0.329 e. The molecule has 0 unspecified atom stereocenters. The van der Waals surface area contributed by atoms with Crippen molar-refractivity contribution in [3.63, 3.8) is 0 Å². The van der Waals surface area contributed by atoms with Gasteiger partial charge in [0, 0.05) is 0 Å². The second-order valence-corrected chi connectivity index (χ2v) is 3.30. The lowest BCUT2D eigenvalue weighted by atomic mass is 10.2. The van der Waals surface area contributed by atoms with Crippen LogP contribution in [0.3, 0.4) is 0 Å². The Morgan fingerprint density at radius 3 is 2.53 bits per heavy atom. The molecule has 0 fully saturated rings. The lowest BCUT2D eigenvalue weighted by Crippen LogP contribution is -2.33. The third-order valence-corrected chi connectivity index (χ3v) is 1.87. The minimum absolute atomic E-state index is 0.559. The zero-order valence-corrected chi connectivity index (χ0v) is 9.38. The highest BCUT2D eigenvalue weighted by atomic mass is 16.2. The standard InChI is InChI=1S/C12H13N3O2/c1-9(14-15-12(17)11(13)16)7-8-10-5-3-2-4-6-10/h2-8H,1H3,(H2,13,16)(H,15,17)/b8-7+,14-9-.